The second kappa shape index (κ2) is 5.85. The van der Waals surface area contributed by atoms with Crippen molar-refractivity contribution < 1.29 is 4.42 Å². The third-order valence-corrected chi connectivity index (χ3v) is 4.86. The van der Waals surface area contributed by atoms with Crippen LogP contribution in [0.2, 0.25) is 0 Å². The number of hydrogen-bond donors (Lipinski definition) is 0. The predicted molar refractivity (Wildman–Crippen MR) is 107 cm³/mol. The molecular weight excluding hydrogens is 318 g/mol. The summed E-state index contributed by atoms with van der Waals surface area (Å²) >= 11 is 0. The zero-order valence-electron chi connectivity index (χ0n) is 14.4. The van der Waals surface area contributed by atoms with Gasteiger partial charge in [0.2, 0.25) is 0 Å². The second-order valence-corrected chi connectivity index (χ2v) is 6.53. The normalized spacial score (nSPS) is 11.3. The average molecular weight is 335 g/mol. The van der Waals surface area contributed by atoms with Gasteiger partial charge in [0.15, 0.2) is 0 Å². The van der Waals surface area contributed by atoms with Crippen molar-refractivity contribution in [1.29, 1.82) is 0 Å². The van der Waals surface area contributed by atoms with Gasteiger partial charge >= 0.3 is 0 Å². The number of rotatable bonds is 2. The van der Waals surface area contributed by atoms with Crippen LogP contribution in [0, 0.1) is 6.92 Å². The van der Waals surface area contributed by atoms with Crippen LogP contribution in [-0.4, -0.2) is 4.98 Å². The van der Waals surface area contributed by atoms with E-state index in [1.165, 1.54) is 5.56 Å². The van der Waals surface area contributed by atoms with E-state index in [4.69, 9.17) is 4.42 Å². The van der Waals surface area contributed by atoms with Crippen molar-refractivity contribution in [2.45, 2.75) is 6.92 Å². The smallest absolute Gasteiger partial charge is 0.144 e. The number of fused-ring (bicyclic) bond motifs is 3. The van der Waals surface area contributed by atoms with Gasteiger partial charge < -0.3 is 4.42 Å². The number of aryl methyl sites for hydroxylation is 1. The quantitative estimate of drug-likeness (QED) is 0.362. The first-order valence-electron chi connectivity index (χ1n) is 8.74. The van der Waals surface area contributed by atoms with E-state index in [1.54, 1.807) is 0 Å². The summed E-state index contributed by atoms with van der Waals surface area (Å²) in [6.07, 6.45) is 1.87. The molecule has 0 aliphatic rings. The van der Waals surface area contributed by atoms with E-state index in [9.17, 15) is 0 Å². The van der Waals surface area contributed by atoms with Crippen LogP contribution in [0.25, 0.3) is 44.3 Å². The van der Waals surface area contributed by atoms with E-state index >= 15 is 0 Å². The Hall–Kier alpha value is -3.39. The first-order valence-corrected chi connectivity index (χ1v) is 8.74. The fraction of sp³-hybridized carbons (Fsp3) is 0.0417. The second-order valence-electron chi connectivity index (χ2n) is 6.53. The molecule has 0 radical (unpaired) electrons. The summed E-state index contributed by atoms with van der Waals surface area (Å²) in [6.45, 7) is 2.08. The van der Waals surface area contributed by atoms with Gasteiger partial charge in [-0.2, -0.15) is 0 Å². The zero-order chi connectivity index (χ0) is 17.5. The Balaban J connectivity index is 1.75. The molecule has 0 saturated heterocycles. The number of hydrogen-bond acceptors (Lipinski definition) is 2. The summed E-state index contributed by atoms with van der Waals surface area (Å²) in [5.74, 6) is 0. The molecule has 0 unspecified atom stereocenters. The Morgan fingerprint density at radius 2 is 1.46 bits per heavy atom. The third kappa shape index (κ3) is 2.31. The number of para-hydroxylation sites is 2. The maximum absolute atomic E-state index is 6.27. The van der Waals surface area contributed by atoms with Crippen molar-refractivity contribution >= 4 is 21.9 Å². The van der Waals surface area contributed by atoms with Gasteiger partial charge in [0.05, 0.1) is 5.69 Å². The summed E-state index contributed by atoms with van der Waals surface area (Å²) in [4.78, 5) is 4.62. The van der Waals surface area contributed by atoms with Crippen molar-refractivity contribution in [2.24, 2.45) is 0 Å². The lowest BCUT2D eigenvalue weighted by atomic mass is 10.0. The average Bonchev–Trinajstić information content (AvgIpc) is 3.09. The minimum absolute atomic E-state index is 0.898. The predicted octanol–water partition coefficient (Wildman–Crippen LogP) is 6.62. The topological polar surface area (TPSA) is 26.0 Å². The third-order valence-electron chi connectivity index (χ3n) is 4.86. The van der Waals surface area contributed by atoms with Gasteiger partial charge in [0.25, 0.3) is 0 Å². The van der Waals surface area contributed by atoms with E-state index in [-0.39, 0.29) is 0 Å². The van der Waals surface area contributed by atoms with Gasteiger partial charge in [-0.1, -0.05) is 60.7 Å². The molecule has 0 atom stereocenters. The highest BCUT2D eigenvalue weighted by atomic mass is 16.3. The zero-order valence-corrected chi connectivity index (χ0v) is 14.4. The number of benzene rings is 3. The lowest BCUT2D eigenvalue weighted by Gasteiger charge is -2.06. The molecule has 2 nitrogen and oxygen atoms in total. The van der Waals surface area contributed by atoms with Crippen LogP contribution in [0.5, 0.6) is 0 Å². The number of aromatic nitrogens is 1. The fourth-order valence-electron chi connectivity index (χ4n) is 3.55. The maximum Gasteiger partial charge on any atom is 0.144 e. The molecule has 0 N–H and O–H groups in total. The van der Waals surface area contributed by atoms with Crippen molar-refractivity contribution in [3.05, 3.63) is 90.6 Å². The molecule has 3 aromatic carbocycles. The Kier molecular flexibility index (Phi) is 3.36. The lowest BCUT2D eigenvalue weighted by Crippen LogP contribution is -1.86. The molecule has 2 heteroatoms. The van der Waals surface area contributed by atoms with Crippen molar-refractivity contribution in [1.82, 2.24) is 4.98 Å². The van der Waals surface area contributed by atoms with E-state index in [1.807, 2.05) is 18.3 Å². The molecule has 0 saturated carbocycles. The van der Waals surface area contributed by atoms with Gasteiger partial charge in [-0.15, -0.1) is 0 Å². The van der Waals surface area contributed by atoms with Crippen LogP contribution in [0.3, 0.4) is 0 Å². The van der Waals surface area contributed by atoms with E-state index in [0.29, 0.717) is 0 Å². The van der Waals surface area contributed by atoms with E-state index < -0.39 is 0 Å². The van der Waals surface area contributed by atoms with Gasteiger partial charge in [-0.05, 0) is 41.8 Å². The lowest BCUT2D eigenvalue weighted by molar-refractivity contribution is 0.666. The van der Waals surface area contributed by atoms with Crippen LogP contribution in [0.15, 0.2) is 89.5 Å². The molecular formula is C24H17NO. The minimum atomic E-state index is 0.898. The summed E-state index contributed by atoms with van der Waals surface area (Å²) < 4.78 is 6.27. The number of pyridine rings is 1. The molecule has 0 fully saturated rings. The van der Waals surface area contributed by atoms with Gasteiger partial charge in [-0.25, -0.2) is 0 Å². The highest BCUT2D eigenvalue weighted by Gasteiger charge is 2.14. The van der Waals surface area contributed by atoms with Crippen molar-refractivity contribution in [3.63, 3.8) is 0 Å². The summed E-state index contributed by atoms with van der Waals surface area (Å²) in [5.41, 5.74) is 7.28. The molecule has 124 valence electrons. The highest BCUT2D eigenvalue weighted by molar-refractivity contribution is 6.10. The number of nitrogens with zero attached hydrogens (tertiary/aromatic N) is 1. The molecule has 26 heavy (non-hydrogen) atoms. The van der Waals surface area contributed by atoms with Crippen LogP contribution < -0.4 is 0 Å². The highest BCUT2D eigenvalue weighted by Crippen LogP contribution is 2.36. The summed E-state index contributed by atoms with van der Waals surface area (Å²) in [6, 6.07) is 27.1. The molecule has 2 heterocycles. The van der Waals surface area contributed by atoms with E-state index in [2.05, 4.69) is 78.6 Å². The molecule has 0 amide bonds. The van der Waals surface area contributed by atoms with Crippen LogP contribution in [0.4, 0.5) is 0 Å². The monoisotopic (exact) mass is 335 g/mol. The molecule has 5 rings (SSSR count). The van der Waals surface area contributed by atoms with Crippen molar-refractivity contribution in [3.8, 4) is 22.4 Å². The SMILES string of the molecule is Cc1cccc2c1oc1c(-c3cc(-c4ccccc4)ccn3)cccc12. The largest absolute Gasteiger partial charge is 0.455 e. The number of furan rings is 1. The maximum atomic E-state index is 6.27. The molecule has 5 aromatic rings. The fourth-order valence-corrected chi connectivity index (χ4v) is 3.55. The summed E-state index contributed by atoms with van der Waals surface area (Å²) in [7, 11) is 0. The minimum Gasteiger partial charge on any atom is -0.455 e. The first-order chi connectivity index (χ1) is 12.8. The summed E-state index contributed by atoms with van der Waals surface area (Å²) in [5, 5.41) is 2.29. The van der Waals surface area contributed by atoms with Gasteiger partial charge in [0, 0.05) is 22.5 Å². The Bertz CT molecular complexity index is 1240. The molecule has 0 aliphatic heterocycles. The van der Waals surface area contributed by atoms with E-state index in [0.717, 1.165) is 44.3 Å². The van der Waals surface area contributed by atoms with Crippen molar-refractivity contribution in [2.75, 3.05) is 0 Å². The molecule has 2 aromatic heterocycles. The van der Waals surface area contributed by atoms with Gasteiger partial charge in [0.1, 0.15) is 11.2 Å². The van der Waals surface area contributed by atoms with Crippen LogP contribution >= 0.6 is 0 Å². The molecule has 0 spiro atoms. The molecule has 0 aliphatic carbocycles. The van der Waals surface area contributed by atoms with Crippen LogP contribution in [0.1, 0.15) is 5.56 Å². The standard InChI is InChI=1S/C24H17NO/c1-16-7-5-10-19-20-11-6-12-21(24(20)26-23(16)19)22-15-18(13-14-25-22)17-8-3-2-4-9-17/h2-15H,1H3. The van der Waals surface area contributed by atoms with Crippen LogP contribution in [-0.2, 0) is 0 Å². The molecule has 0 bridgehead atoms. The first kappa shape index (κ1) is 14.9. The Morgan fingerprint density at radius 1 is 0.692 bits per heavy atom. The van der Waals surface area contributed by atoms with Gasteiger partial charge in [-0.3, -0.25) is 4.98 Å². The Labute approximate surface area is 151 Å². The Morgan fingerprint density at radius 3 is 2.31 bits per heavy atom.